The van der Waals surface area contributed by atoms with Crippen molar-refractivity contribution >= 4 is 42.0 Å². The minimum Gasteiger partial charge on any atom is -0.438 e. The van der Waals surface area contributed by atoms with E-state index in [0.29, 0.717) is 25.2 Å². The van der Waals surface area contributed by atoms with Gasteiger partial charge in [-0.3, -0.25) is 14.5 Å². The molecule has 8 nitrogen and oxygen atoms in total. The van der Waals surface area contributed by atoms with Crippen LogP contribution in [0.4, 0.5) is 9.18 Å². The molecule has 3 amide bonds. The fourth-order valence-electron chi connectivity index (χ4n) is 3.32. The van der Waals surface area contributed by atoms with Gasteiger partial charge in [-0.05, 0) is 42.0 Å². The zero-order chi connectivity index (χ0) is 27.4. The van der Waals surface area contributed by atoms with Crippen molar-refractivity contribution in [2.75, 3.05) is 6.54 Å². The maximum absolute atomic E-state index is 13.2. The van der Waals surface area contributed by atoms with Gasteiger partial charge in [0.15, 0.2) is 6.10 Å². The molecule has 37 heavy (non-hydrogen) atoms. The molecule has 0 radical (unpaired) electrons. The van der Waals surface area contributed by atoms with Crippen LogP contribution in [0.3, 0.4) is 0 Å². The third-order valence-electron chi connectivity index (χ3n) is 5.28. The molecule has 2 aliphatic rings. The topological polar surface area (TPSA) is 114 Å². The van der Waals surface area contributed by atoms with E-state index in [4.69, 9.17) is 10.5 Å². The number of nitrogens with two attached hydrogens (primary N) is 1. The second-order valence-electron chi connectivity index (χ2n) is 8.20. The highest BCUT2D eigenvalue weighted by Crippen LogP contribution is 2.27. The number of cyclic esters (lactones) is 1. The van der Waals surface area contributed by atoms with Gasteiger partial charge in [0.25, 0.3) is 0 Å². The summed E-state index contributed by atoms with van der Waals surface area (Å²) >= 11 is 1.56. The average molecular weight is 529 g/mol. The van der Waals surface area contributed by atoms with E-state index in [1.54, 1.807) is 30.8 Å². The minimum atomic E-state index is -0.488. The fourth-order valence-corrected chi connectivity index (χ4v) is 4.32. The van der Waals surface area contributed by atoms with Gasteiger partial charge in [0.1, 0.15) is 5.83 Å². The molecule has 2 aliphatic heterocycles. The highest BCUT2D eigenvalue weighted by atomic mass is 32.2. The number of benzene rings is 1. The molecule has 0 aromatic heterocycles. The summed E-state index contributed by atoms with van der Waals surface area (Å²) in [4.78, 5) is 38.3. The lowest BCUT2D eigenvalue weighted by Crippen LogP contribution is -2.37. The third-order valence-corrected chi connectivity index (χ3v) is 6.34. The fraction of sp³-hybridized carbons (Fsp3) is 0.333. The van der Waals surface area contributed by atoms with E-state index in [1.807, 2.05) is 42.7 Å². The Bertz CT molecular complexity index is 1100. The van der Waals surface area contributed by atoms with Crippen LogP contribution in [0, 0.1) is 5.92 Å². The van der Waals surface area contributed by atoms with E-state index in [0.717, 1.165) is 11.1 Å². The number of amides is 3. The molecule has 1 fully saturated rings. The number of carbonyl (C=O) groups excluding carboxylic acids is 3. The Labute approximate surface area is 221 Å². The normalized spacial score (nSPS) is 21.3. The number of allylic oxidation sites excluding steroid dienone is 3. The van der Waals surface area contributed by atoms with E-state index in [1.165, 1.54) is 24.1 Å². The van der Waals surface area contributed by atoms with Gasteiger partial charge in [0.2, 0.25) is 11.8 Å². The van der Waals surface area contributed by atoms with Crippen molar-refractivity contribution in [3.63, 3.8) is 0 Å². The highest BCUT2D eigenvalue weighted by molar-refractivity contribution is 8.03. The lowest BCUT2D eigenvalue weighted by atomic mass is 10.1. The van der Waals surface area contributed by atoms with Gasteiger partial charge in [-0.25, -0.2) is 14.2 Å². The molecule has 198 valence electrons. The molecule has 0 saturated carbocycles. The number of aliphatic imine (C=N–C) groups is 1. The van der Waals surface area contributed by atoms with E-state index < -0.39 is 12.2 Å². The highest BCUT2D eigenvalue weighted by Gasteiger charge is 2.31. The molecule has 0 aliphatic carbocycles. The molecule has 2 heterocycles. The van der Waals surface area contributed by atoms with Gasteiger partial charge in [-0.2, -0.15) is 0 Å². The van der Waals surface area contributed by atoms with Gasteiger partial charge >= 0.3 is 6.09 Å². The zero-order valence-corrected chi connectivity index (χ0v) is 22.0. The first kappa shape index (κ1) is 29.7. The van der Waals surface area contributed by atoms with Gasteiger partial charge < -0.3 is 15.8 Å². The van der Waals surface area contributed by atoms with Crippen LogP contribution in [0.1, 0.15) is 38.3 Å². The first-order chi connectivity index (χ1) is 17.6. The second-order valence-corrected chi connectivity index (χ2v) is 9.25. The predicted molar refractivity (Wildman–Crippen MR) is 146 cm³/mol. The molecule has 1 saturated heterocycles. The van der Waals surface area contributed by atoms with Crippen LogP contribution in [0.25, 0.3) is 6.08 Å². The molecule has 3 atom stereocenters. The van der Waals surface area contributed by atoms with Crippen molar-refractivity contribution in [1.29, 1.82) is 0 Å². The Kier molecular flexibility index (Phi) is 12.0. The maximum atomic E-state index is 13.2. The summed E-state index contributed by atoms with van der Waals surface area (Å²) < 4.78 is 18.2. The van der Waals surface area contributed by atoms with Crippen molar-refractivity contribution in [3.8, 4) is 0 Å². The first-order valence-electron chi connectivity index (χ1n) is 11.8. The Morgan fingerprint density at radius 1 is 1.35 bits per heavy atom. The number of thioether (sulfide) groups is 1. The minimum absolute atomic E-state index is 0.0143. The van der Waals surface area contributed by atoms with E-state index in [2.05, 4.69) is 16.9 Å². The number of halogens is 1. The molecule has 0 bridgehead atoms. The van der Waals surface area contributed by atoms with Gasteiger partial charge in [-0.1, -0.05) is 49.9 Å². The van der Waals surface area contributed by atoms with Crippen molar-refractivity contribution in [1.82, 2.24) is 10.2 Å². The summed E-state index contributed by atoms with van der Waals surface area (Å²) in [5.41, 5.74) is 7.85. The van der Waals surface area contributed by atoms with Crippen LogP contribution in [0.5, 0.6) is 0 Å². The number of hydrogen-bond donors (Lipinski definition) is 2. The van der Waals surface area contributed by atoms with Crippen LogP contribution >= 0.6 is 11.8 Å². The Balaban J connectivity index is 0.000000271. The quantitative estimate of drug-likeness (QED) is 0.355. The summed E-state index contributed by atoms with van der Waals surface area (Å²) in [7, 11) is 0. The summed E-state index contributed by atoms with van der Waals surface area (Å²) in [6.45, 7) is 9.66. The van der Waals surface area contributed by atoms with Gasteiger partial charge in [0, 0.05) is 19.2 Å². The van der Waals surface area contributed by atoms with Gasteiger partial charge in [0.05, 0.1) is 24.1 Å². The van der Waals surface area contributed by atoms with Crippen LogP contribution in [0.15, 0.2) is 71.0 Å². The van der Waals surface area contributed by atoms with Crippen molar-refractivity contribution in [2.45, 2.75) is 45.2 Å². The molecule has 3 rings (SSSR count). The zero-order valence-electron chi connectivity index (χ0n) is 21.2. The molecule has 10 heteroatoms. The summed E-state index contributed by atoms with van der Waals surface area (Å²) in [6, 6.07) is 7.68. The number of rotatable bonds is 9. The van der Waals surface area contributed by atoms with E-state index in [-0.39, 0.29) is 28.9 Å². The van der Waals surface area contributed by atoms with E-state index in [9.17, 15) is 18.8 Å². The largest absolute Gasteiger partial charge is 0.438 e. The van der Waals surface area contributed by atoms with Crippen LogP contribution in [-0.2, 0) is 20.9 Å². The molecule has 3 N–H and O–H groups in total. The number of ether oxygens (including phenoxy) is 1. The van der Waals surface area contributed by atoms with E-state index >= 15 is 0 Å². The molecular formula is C27H33FN4O4S. The van der Waals surface area contributed by atoms with Crippen molar-refractivity contribution < 1.29 is 23.5 Å². The van der Waals surface area contributed by atoms with Crippen molar-refractivity contribution in [2.24, 2.45) is 16.6 Å². The van der Waals surface area contributed by atoms with Crippen LogP contribution in [0.2, 0.25) is 0 Å². The average Bonchev–Trinajstić information content (AvgIpc) is 3.49. The Morgan fingerprint density at radius 2 is 2.05 bits per heavy atom. The van der Waals surface area contributed by atoms with Crippen molar-refractivity contribution in [3.05, 3.63) is 77.1 Å². The number of nitrogens with one attached hydrogen (secondary N) is 1. The smallest absolute Gasteiger partial charge is 0.415 e. The summed E-state index contributed by atoms with van der Waals surface area (Å²) in [5, 5.41) is 5.19. The maximum Gasteiger partial charge on any atom is 0.415 e. The first-order valence-corrected chi connectivity index (χ1v) is 12.7. The Morgan fingerprint density at radius 3 is 2.65 bits per heavy atom. The molecule has 1 aromatic rings. The number of primary amides is 1. The van der Waals surface area contributed by atoms with Crippen LogP contribution < -0.4 is 11.1 Å². The Hall–Kier alpha value is -3.50. The third kappa shape index (κ3) is 9.82. The van der Waals surface area contributed by atoms with Crippen LogP contribution in [-0.4, -0.2) is 47.0 Å². The molecule has 0 spiro atoms. The summed E-state index contributed by atoms with van der Waals surface area (Å²) in [5.74, 6) is -1.03. The second kappa shape index (κ2) is 14.9. The molecular weight excluding hydrogens is 495 g/mol. The predicted octanol–water partition coefficient (Wildman–Crippen LogP) is 4.70. The monoisotopic (exact) mass is 528 g/mol. The standard InChI is InChI=1S/C16H19FN2OS.C11H14N2O3/c1-2-13(17)9-11-3-5-12(6-4-11)10-19-16-14(15(18)20)7-8-21-16;1-4-5-8(2)13-7-10(16-11(13)15)6-12-9(3)14/h3-9,14,16,19H,2,10H2,1H3,(H2,18,20);4-6,10H,2,7H2,1,3H3/b13-9-;5-4-,12-6?/t;10-/m.0/s1. The number of hydrogen-bond acceptors (Lipinski definition) is 6. The summed E-state index contributed by atoms with van der Waals surface area (Å²) in [6.07, 6.45) is 7.65. The number of carbonyl (C=O) groups is 3. The lowest BCUT2D eigenvalue weighted by molar-refractivity contribution is -0.120. The molecule has 1 aromatic carbocycles. The number of nitrogens with zero attached hydrogens (tertiary/aromatic N) is 2. The van der Waals surface area contributed by atoms with Gasteiger partial charge in [-0.15, -0.1) is 11.8 Å². The lowest BCUT2D eigenvalue weighted by Gasteiger charge is -2.17. The SMILES string of the molecule is C=C(/C=C\C)N1C[C@H](C=NC(C)=O)OC1=O.CC/C(F)=C/c1ccc(CNC2SC=CC2C(N)=O)cc1. The molecule has 2 unspecified atom stereocenters.